The van der Waals surface area contributed by atoms with E-state index in [1.54, 1.807) is 25.1 Å². The highest BCUT2D eigenvalue weighted by Gasteiger charge is 2.18. The van der Waals surface area contributed by atoms with Gasteiger partial charge in [0, 0.05) is 22.8 Å². The van der Waals surface area contributed by atoms with Gasteiger partial charge in [-0.3, -0.25) is 10.1 Å². The Morgan fingerprint density at radius 3 is 2.59 bits per heavy atom. The summed E-state index contributed by atoms with van der Waals surface area (Å²) in [5.41, 5.74) is 1.33. The van der Waals surface area contributed by atoms with Crippen molar-refractivity contribution < 1.29 is 13.7 Å². The van der Waals surface area contributed by atoms with Crippen molar-refractivity contribution in [1.29, 1.82) is 0 Å². The molecule has 0 bridgehead atoms. The minimum Gasteiger partial charge on any atom is -0.416 e. The van der Waals surface area contributed by atoms with E-state index in [4.69, 9.17) is 4.42 Å². The summed E-state index contributed by atoms with van der Waals surface area (Å²) in [6, 6.07) is 10.4. The number of hydrogen-bond acceptors (Lipinski definition) is 5. The number of rotatable bonds is 3. The van der Waals surface area contributed by atoms with Crippen LogP contribution in [0.1, 0.15) is 5.56 Å². The quantitative estimate of drug-likeness (QED) is 0.543. The van der Waals surface area contributed by atoms with Crippen molar-refractivity contribution >= 4 is 5.69 Å². The van der Waals surface area contributed by atoms with Gasteiger partial charge < -0.3 is 4.42 Å². The Kier molecular flexibility index (Phi) is 3.38. The van der Waals surface area contributed by atoms with Crippen LogP contribution < -0.4 is 0 Å². The Bertz CT molecular complexity index is 861. The lowest BCUT2D eigenvalue weighted by molar-refractivity contribution is -0.385. The Morgan fingerprint density at radius 1 is 1.14 bits per heavy atom. The molecule has 7 heteroatoms. The van der Waals surface area contributed by atoms with E-state index in [2.05, 4.69) is 10.2 Å². The van der Waals surface area contributed by atoms with Crippen LogP contribution in [0.25, 0.3) is 22.9 Å². The molecule has 0 saturated carbocycles. The van der Waals surface area contributed by atoms with Gasteiger partial charge in [-0.2, -0.15) is 0 Å². The molecule has 0 unspecified atom stereocenters. The SMILES string of the molecule is Cc1c(-c2nnc(-c3cccc(F)c3)o2)cccc1[N+](=O)[O-]. The first-order chi connectivity index (χ1) is 10.6. The van der Waals surface area contributed by atoms with Gasteiger partial charge in [0.05, 0.1) is 4.92 Å². The van der Waals surface area contributed by atoms with E-state index in [1.807, 2.05) is 0 Å². The number of benzene rings is 2. The molecule has 6 nitrogen and oxygen atoms in total. The summed E-state index contributed by atoms with van der Waals surface area (Å²) in [5.74, 6) is -0.107. The van der Waals surface area contributed by atoms with E-state index >= 15 is 0 Å². The van der Waals surface area contributed by atoms with E-state index in [1.165, 1.54) is 24.3 Å². The Morgan fingerprint density at radius 2 is 1.86 bits per heavy atom. The maximum absolute atomic E-state index is 13.2. The highest BCUT2D eigenvalue weighted by Crippen LogP contribution is 2.30. The predicted octanol–water partition coefficient (Wildman–Crippen LogP) is 3.76. The summed E-state index contributed by atoms with van der Waals surface area (Å²) in [7, 11) is 0. The lowest BCUT2D eigenvalue weighted by Gasteiger charge is -2.01. The third-order valence-electron chi connectivity index (χ3n) is 3.23. The van der Waals surface area contributed by atoms with Gasteiger partial charge in [-0.1, -0.05) is 12.1 Å². The number of nitro groups is 1. The fraction of sp³-hybridized carbons (Fsp3) is 0.0667. The molecule has 22 heavy (non-hydrogen) atoms. The third kappa shape index (κ3) is 2.44. The summed E-state index contributed by atoms with van der Waals surface area (Å²) in [6.45, 7) is 1.61. The van der Waals surface area contributed by atoms with Crippen LogP contribution in [0.5, 0.6) is 0 Å². The summed E-state index contributed by atoms with van der Waals surface area (Å²) in [4.78, 5) is 10.5. The molecule has 0 radical (unpaired) electrons. The zero-order chi connectivity index (χ0) is 15.7. The zero-order valence-corrected chi connectivity index (χ0v) is 11.5. The molecule has 0 atom stereocenters. The molecule has 3 rings (SSSR count). The molecule has 3 aromatic rings. The summed E-state index contributed by atoms with van der Waals surface area (Å²) in [6.07, 6.45) is 0. The molecule has 0 fully saturated rings. The average Bonchev–Trinajstić information content (AvgIpc) is 2.97. The first-order valence-electron chi connectivity index (χ1n) is 6.40. The maximum Gasteiger partial charge on any atom is 0.273 e. The number of hydrogen-bond donors (Lipinski definition) is 0. The monoisotopic (exact) mass is 299 g/mol. The summed E-state index contributed by atoms with van der Waals surface area (Å²) in [5, 5.41) is 18.7. The fourth-order valence-electron chi connectivity index (χ4n) is 2.12. The number of nitro benzene ring substituents is 1. The van der Waals surface area contributed by atoms with E-state index in [0.29, 0.717) is 16.7 Å². The Hall–Kier alpha value is -3.09. The van der Waals surface area contributed by atoms with E-state index in [0.717, 1.165) is 0 Å². The van der Waals surface area contributed by atoms with Gasteiger partial charge in [0.1, 0.15) is 5.82 Å². The lowest BCUT2D eigenvalue weighted by Crippen LogP contribution is -1.93. The number of halogens is 1. The van der Waals surface area contributed by atoms with Crippen LogP contribution in [-0.4, -0.2) is 15.1 Å². The van der Waals surface area contributed by atoms with Crippen molar-refractivity contribution in [3.63, 3.8) is 0 Å². The van der Waals surface area contributed by atoms with E-state index in [-0.39, 0.29) is 17.5 Å². The molecule has 0 saturated heterocycles. The largest absolute Gasteiger partial charge is 0.416 e. The highest BCUT2D eigenvalue weighted by atomic mass is 19.1. The van der Waals surface area contributed by atoms with Crippen LogP contribution in [0.2, 0.25) is 0 Å². The van der Waals surface area contributed by atoms with Crippen LogP contribution in [-0.2, 0) is 0 Å². The molecule has 0 aliphatic heterocycles. The molecule has 1 heterocycles. The Labute approximate surface area is 124 Å². The van der Waals surface area contributed by atoms with Crippen molar-refractivity contribution in [2.45, 2.75) is 6.92 Å². The van der Waals surface area contributed by atoms with Gasteiger partial charge in [-0.05, 0) is 31.2 Å². The average molecular weight is 299 g/mol. The fourth-order valence-corrected chi connectivity index (χ4v) is 2.12. The van der Waals surface area contributed by atoms with Crippen LogP contribution in [0.4, 0.5) is 10.1 Å². The molecule has 0 aliphatic rings. The number of aromatic nitrogens is 2. The standard InChI is InChI=1S/C15H10FN3O3/c1-9-12(6-3-7-13(9)19(20)21)15-18-17-14(22-15)10-4-2-5-11(16)8-10/h2-8H,1H3. The first-order valence-corrected chi connectivity index (χ1v) is 6.40. The second-order valence-corrected chi connectivity index (χ2v) is 4.63. The van der Waals surface area contributed by atoms with Crippen molar-refractivity contribution in [2.75, 3.05) is 0 Å². The molecule has 0 spiro atoms. The lowest BCUT2D eigenvalue weighted by atomic mass is 10.1. The van der Waals surface area contributed by atoms with Crippen molar-refractivity contribution in [3.8, 4) is 22.9 Å². The van der Waals surface area contributed by atoms with Crippen LogP contribution in [0, 0.1) is 22.9 Å². The van der Waals surface area contributed by atoms with Crippen LogP contribution >= 0.6 is 0 Å². The second kappa shape index (κ2) is 5.36. The molecular weight excluding hydrogens is 289 g/mol. The van der Waals surface area contributed by atoms with Gasteiger partial charge in [0.2, 0.25) is 11.8 Å². The van der Waals surface area contributed by atoms with Gasteiger partial charge in [-0.15, -0.1) is 10.2 Å². The predicted molar refractivity (Wildman–Crippen MR) is 76.5 cm³/mol. The van der Waals surface area contributed by atoms with E-state index in [9.17, 15) is 14.5 Å². The van der Waals surface area contributed by atoms with Crippen molar-refractivity contribution in [3.05, 3.63) is 64.0 Å². The van der Waals surface area contributed by atoms with Gasteiger partial charge in [0.25, 0.3) is 5.69 Å². The zero-order valence-electron chi connectivity index (χ0n) is 11.5. The topological polar surface area (TPSA) is 82.1 Å². The second-order valence-electron chi connectivity index (χ2n) is 4.63. The minimum atomic E-state index is -0.470. The minimum absolute atomic E-state index is 0.0250. The molecule has 110 valence electrons. The summed E-state index contributed by atoms with van der Waals surface area (Å²) < 4.78 is 18.7. The first kappa shape index (κ1) is 13.9. The van der Waals surface area contributed by atoms with Gasteiger partial charge in [-0.25, -0.2) is 4.39 Å². The third-order valence-corrected chi connectivity index (χ3v) is 3.23. The maximum atomic E-state index is 13.2. The van der Waals surface area contributed by atoms with Crippen molar-refractivity contribution in [2.24, 2.45) is 0 Å². The molecule has 0 N–H and O–H groups in total. The molecule has 1 aromatic heterocycles. The molecule has 2 aromatic carbocycles. The smallest absolute Gasteiger partial charge is 0.273 e. The van der Waals surface area contributed by atoms with E-state index < -0.39 is 10.7 Å². The summed E-state index contributed by atoms with van der Waals surface area (Å²) >= 11 is 0. The molecule has 0 aliphatic carbocycles. The van der Waals surface area contributed by atoms with Crippen LogP contribution in [0.15, 0.2) is 46.9 Å². The molecular formula is C15H10FN3O3. The van der Waals surface area contributed by atoms with Crippen LogP contribution in [0.3, 0.4) is 0 Å². The van der Waals surface area contributed by atoms with Gasteiger partial charge >= 0.3 is 0 Å². The van der Waals surface area contributed by atoms with Gasteiger partial charge in [0.15, 0.2) is 0 Å². The van der Waals surface area contributed by atoms with Crippen molar-refractivity contribution in [1.82, 2.24) is 10.2 Å². The molecule has 0 amide bonds. The number of nitrogens with zero attached hydrogens (tertiary/aromatic N) is 3. The Balaban J connectivity index is 2.05. The highest BCUT2D eigenvalue weighted by molar-refractivity contribution is 5.65. The normalized spacial score (nSPS) is 10.6.